The zero-order valence-electron chi connectivity index (χ0n) is 9.29. The predicted octanol–water partition coefficient (Wildman–Crippen LogP) is 2.24. The van der Waals surface area contributed by atoms with Gasteiger partial charge in [0.1, 0.15) is 11.0 Å². The third-order valence-electron chi connectivity index (χ3n) is 2.14. The summed E-state index contributed by atoms with van der Waals surface area (Å²) in [5.74, 6) is 0.0957. The predicted molar refractivity (Wildman–Crippen MR) is 65.5 cm³/mol. The Morgan fingerprint density at radius 1 is 1.50 bits per heavy atom. The molecule has 0 aliphatic rings. The first-order valence-electron chi connectivity index (χ1n) is 5.34. The van der Waals surface area contributed by atoms with Gasteiger partial charge in [0, 0.05) is 12.1 Å². The summed E-state index contributed by atoms with van der Waals surface area (Å²) in [7, 11) is 0. The van der Waals surface area contributed by atoms with E-state index in [0.717, 1.165) is 19.3 Å². The van der Waals surface area contributed by atoms with Gasteiger partial charge in [0.2, 0.25) is 0 Å². The molecule has 16 heavy (non-hydrogen) atoms. The lowest BCUT2D eigenvalue weighted by molar-refractivity contribution is 0.0953. The molecule has 4 nitrogen and oxygen atoms in total. The Bertz CT molecular complexity index is 348. The van der Waals surface area contributed by atoms with Crippen molar-refractivity contribution in [1.82, 2.24) is 10.3 Å². The maximum atomic E-state index is 11.7. The number of pyridine rings is 1. The lowest BCUT2D eigenvalue weighted by atomic mass is 10.2. The first-order valence-corrected chi connectivity index (χ1v) is 5.72. The van der Waals surface area contributed by atoms with Gasteiger partial charge in [-0.25, -0.2) is 4.98 Å². The molecule has 0 saturated carbocycles. The van der Waals surface area contributed by atoms with Crippen molar-refractivity contribution in [2.45, 2.75) is 26.2 Å². The van der Waals surface area contributed by atoms with Gasteiger partial charge < -0.3 is 11.1 Å². The van der Waals surface area contributed by atoms with Crippen LogP contribution in [-0.4, -0.2) is 17.4 Å². The summed E-state index contributed by atoms with van der Waals surface area (Å²) in [6.07, 6.45) is 3.22. The topological polar surface area (TPSA) is 68.0 Å². The molecule has 0 aliphatic heterocycles. The van der Waals surface area contributed by atoms with Crippen molar-refractivity contribution in [2.75, 3.05) is 12.3 Å². The van der Waals surface area contributed by atoms with Crippen LogP contribution in [0.1, 0.15) is 36.5 Å². The lowest BCUT2D eigenvalue weighted by Crippen LogP contribution is -2.24. The monoisotopic (exact) mass is 241 g/mol. The Balaban J connectivity index is 2.52. The molecule has 1 aromatic heterocycles. The number of nitrogens with one attached hydrogen (secondary N) is 1. The summed E-state index contributed by atoms with van der Waals surface area (Å²) < 4.78 is 0. The molecule has 1 aromatic rings. The molecule has 88 valence electrons. The number of halogens is 1. The molecule has 1 rings (SSSR count). The van der Waals surface area contributed by atoms with Crippen molar-refractivity contribution in [3.05, 3.63) is 22.8 Å². The minimum absolute atomic E-state index is 0.160. The van der Waals surface area contributed by atoms with Gasteiger partial charge in [-0.15, -0.1) is 0 Å². The fourth-order valence-corrected chi connectivity index (χ4v) is 1.54. The number of nitrogens with zero attached hydrogens (tertiary/aromatic N) is 1. The molecule has 3 N–H and O–H groups in total. The molecule has 0 aliphatic carbocycles. The maximum absolute atomic E-state index is 11.7. The van der Waals surface area contributed by atoms with E-state index in [0.29, 0.717) is 12.1 Å². The van der Waals surface area contributed by atoms with Crippen LogP contribution in [0.15, 0.2) is 12.1 Å². The third-order valence-corrected chi connectivity index (χ3v) is 2.34. The van der Waals surface area contributed by atoms with Crippen molar-refractivity contribution >= 4 is 23.3 Å². The highest BCUT2D eigenvalue weighted by Gasteiger charge is 2.07. The Kier molecular flexibility index (Phi) is 5.05. The van der Waals surface area contributed by atoms with Crippen LogP contribution in [0.4, 0.5) is 5.82 Å². The van der Waals surface area contributed by atoms with Crippen LogP contribution in [0.3, 0.4) is 0 Å². The van der Waals surface area contributed by atoms with E-state index in [1.807, 2.05) is 0 Å². The Hall–Kier alpha value is -1.29. The number of carbonyl (C=O) groups excluding carboxylic acids is 1. The minimum atomic E-state index is -0.160. The second kappa shape index (κ2) is 6.33. The van der Waals surface area contributed by atoms with E-state index in [1.165, 1.54) is 12.1 Å². The minimum Gasteiger partial charge on any atom is -0.384 e. The quantitative estimate of drug-likeness (QED) is 0.614. The van der Waals surface area contributed by atoms with E-state index < -0.39 is 0 Å². The summed E-state index contributed by atoms with van der Waals surface area (Å²) in [5.41, 5.74) is 5.95. The number of nitrogens with two attached hydrogens (primary N) is 1. The lowest BCUT2D eigenvalue weighted by Gasteiger charge is -2.05. The van der Waals surface area contributed by atoms with E-state index in [2.05, 4.69) is 17.2 Å². The average Bonchev–Trinajstić information content (AvgIpc) is 2.22. The zero-order valence-corrected chi connectivity index (χ0v) is 10.0. The number of carbonyl (C=O) groups is 1. The molecule has 1 amide bonds. The second-order valence-electron chi connectivity index (χ2n) is 3.57. The molecule has 0 atom stereocenters. The smallest absolute Gasteiger partial charge is 0.251 e. The van der Waals surface area contributed by atoms with Gasteiger partial charge in [0.25, 0.3) is 5.91 Å². The number of amides is 1. The summed E-state index contributed by atoms with van der Waals surface area (Å²) in [6.45, 7) is 2.79. The number of nitrogen functional groups attached to an aromatic ring is 1. The Labute approximate surface area is 100 Å². The molecule has 0 fully saturated rings. The van der Waals surface area contributed by atoms with Gasteiger partial charge >= 0.3 is 0 Å². The van der Waals surface area contributed by atoms with Crippen molar-refractivity contribution < 1.29 is 4.79 Å². The van der Waals surface area contributed by atoms with Crippen LogP contribution in [0.2, 0.25) is 5.15 Å². The number of rotatable bonds is 5. The Morgan fingerprint density at radius 2 is 2.25 bits per heavy atom. The van der Waals surface area contributed by atoms with Crippen LogP contribution >= 0.6 is 11.6 Å². The standard InChI is InChI=1S/C11H16ClN3O/c1-2-3-4-5-14-11(16)8-6-9(12)15-10(13)7-8/h6-7H,2-5H2,1H3,(H2,13,15)(H,14,16). The molecule has 0 bridgehead atoms. The number of aromatic nitrogens is 1. The van der Waals surface area contributed by atoms with Crippen LogP contribution in [-0.2, 0) is 0 Å². The largest absolute Gasteiger partial charge is 0.384 e. The fourth-order valence-electron chi connectivity index (χ4n) is 1.33. The highest BCUT2D eigenvalue weighted by molar-refractivity contribution is 6.29. The molecule has 0 unspecified atom stereocenters. The number of hydrogen-bond acceptors (Lipinski definition) is 3. The molecular formula is C11H16ClN3O. The van der Waals surface area contributed by atoms with Crippen molar-refractivity contribution in [1.29, 1.82) is 0 Å². The van der Waals surface area contributed by atoms with Gasteiger partial charge in [-0.3, -0.25) is 4.79 Å². The maximum Gasteiger partial charge on any atom is 0.251 e. The van der Waals surface area contributed by atoms with E-state index in [-0.39, 0.29) is 16.9 Å². The first kappa shape index (κ1) is 12.8. The number of unbranched alkanes of at least 4 members (excludes halogenated alkanes) is 2. The van der Waals surface area contributed by atoms with Crippen molar-refractivity contribution in [2.24, 2.45) is 0 Å². The fraction of sp³-hybridized carbons (Fsp3) is 0.455. The van der Waals surface area contributed by atoms with Gasteiger partial charge in [0.15, 0.2) is 0 Å². The van der Waals surface area contributed by atoms with Crippen LogP contribution in [0.25, 0.3) is 0 Å². The third kappa shape index (κ3) is 4.06. The summed E-state index contributed by atoms with van der Waals surface area (Å²) >= 11 is 5.71. The number of anilines is 1. The Morgan fingerprint density at radius 3 is 2.88 bits per heavy atom. The molecular weight excluding hydrogens is 226 g/mol. The molecule has 0 saturated heterocycles. The second-order valence-corrected chi connectivity index (χ2v) is 3.95. The first-order chi connectivity index (χ1) is 7.63. The summed E-state index contributed by atoms with van der Waals surface area (Å²) in [5, 5.41) is 3.04. The van der Waals surface area contributed by atoms with Crippen LogP contribution in [0, 0.1) is 0 Å². The molecule has 1 heterocycles. The molecule has 0 aromatic carbocycles. The SMILES string of the molecule is CCCCCNC(=O)c1cc(N)nc(Cl)c1. The van der Waals surface area contributed by atoms with E-state index in [1.54, 1.807) is 0 Å². The van der Waals surface area contributed by atoms with Crippen molar-refractivity contribution in [3.8, 4) is 0 Å². The zero-order chi connectivity index (χ0) is 12.0. The van der Waals surface area contributed by atoms with Crippen LogP contribution < -0.4 is 11.1 Å². The van der Waals surface area contributed by atoms with E-state index in [4.69, 9.17) is 17.3 Å². The van der Waals surface area contributed by atoms with Crippen LogP contribution in [0.5, 0.6) is 0 Å². The van der Waals surface area contributed by atoms with Gasteiger partial charge in [0.05, 0.1) is 0 Å². The van der Waals surface area contributed by atoms with Gasteiger partial charge in [-0.2, -0.15) is 0 Å². The highest BCUT2D eigenvalue weighted by atomic mass is 35.5. The van der Waals surface area contributed by atoms with E-state index in [9.17, 15) is 4.79 Å². The average molecular weight is 242 g/mol. The highest BCUT2D eigenvalue weighted by Crippen LogP contribution is 2.11. The summed E-state index contributed by atoms with van der Waals surface area (Å²) in [4.78, 5) is 15.4. The van der Waals surface area contributed by atoms with Crippen molar-refractivity contribution in [3.63, 3.8) is 0 Å². The van der Waals surface area contributed by atoms with Gasteiger partial charge in [-0.05, 0) is 18.6 Å². The van der Waals surface area contributed by atoms with Gasteiger partial charge in [-0.1, -0.05) is 31.4 Å². The molecule has 0 spiro atoms. The molecule has 0 radical (unpaired) electrons. The number of hydrogen-bond donors (Lipinski definition) is 2. The molecule has 5 heteroatoms. The normalized spacial score (nSPS) is 10.1. The van der Waals surface area contributed by atoms with E-state index >= 15 is 0 Å². The summed E-state index contributed by atoms with van der Waals surface area (Å²) in [6, 6.07) is 3.02.